The lowest BCUT2D eigenvalue weighted by Gasteiger charge is -2.15. The maximum atomic E-state index is 12.7. The predicted molar refractivity (Wildman–Crippen MR) is 113 cm³/mol. The number of H-pyrrole nitrogens is 1. The minimum atomic E-state index is -0.293. The van der Waals surface area contributed by atoms with Gasteiger partial charge in [-0.05, 0) is 60.2 Å². The first-order valence-electron chi connectivity index (χ1n) is 9.46. The smallest absolute Gasteiger partial charge is 0.228 e. The molecule has 0 aliphatic carbocycles. The molecule has 30 heavy (non-hydrogen) atoms. The van der Waals surface area contributed by atoms with Crippen LogP contribution in [0.2, 0.25) is 0 Å². The summed E-state index contributed by atoms with van der Waals surface area (Å²) in [4.78, 5) is 20.2. The summed E-state index contributed by atoms with van der Waals surface area (Å²) in [7, 11) is 1.67. The molecule has 5 rings (SSSR count). The molecule has 0 saturated carbocycles. The average molecular weight is 398 g/mol. The number of carbonyl (C=O) groups excluding carboxylic acids is 1. The highest BCUT2D eigenvalue weighted by molar-refractivity contribution is 6.09. The number of phenols is 1. The van der Waals surface area contributed by atoms with Crippen molar-refractivity contribution >= 4 is 27.8 Å². The van der Waals surface area contributed by atoms with Gasteiger partial charge < -0.3 is 19.2 Å². The molecule has 1 atom stereocenters. The number of hydrogen-bond donors (Lipinski definition) is 2. The third-order valence-corrected chi connectivity index (χ3v) is 5.20. The molecule has 6 nitrogen and oxygen atoms in total. The van der Waals surface area contributed by atoms with Crippen LogP contribution in [0.25, 0.3) is 22.0 Å². The second-order valence-corrected chi connectivity index (χ2v) is 7.04. The van der Waals surface area contributed by atoms with Crippen LogP contribution in [0.15, 0.2) is 77.5 Å². The van der Waals surface area contributed by atoms with Crippen molar-refractivity contribution in [3.05, 3.63) is 95.5 Å². The molecule has 5 aromatic rings. The molecule has 0 spiro atoms. The Labute approximate surface area is 171 Å². The summed E-state index contributed by atoms with van der Waals surface area (Å²) < 4.78 is 11.6. The van der Waals surface area contributed by atoms with E-state index in [-0.39, 0.29) is 23.4 Å². The standard InChI is InChI=1S/C24H18N2O4/c1-29-23(19-13-26-24-18(19)3-2-10-25-24)15-6-9-20-16(11-15)12-21(30-20)22(28)14-4-7-17(27)8-5-14/h2-13,23,27H,1H3,(H,25,26). The van der Waals surface area contributed by atoms with Crippen LogP contribution in [0.3, 0.4) is 0 Å². The number of aromatic hydroxyl groups is 1. The van der Waals surface area contributed by atoms with Gasteiger partial charge in [0.25, 0.3) is 0 Å². The van der Waals surface area contributed by atoms with E-state index in [0.29, 0.717) is 11.1 Å². The second-order valence-electron chi connectivity index (χ2n) is 7.04. The van der Waals surface area contributed by atoms with Crippen LogP contribution in [-0.2, 0) is 4.74 Å². The van der Waals surface area contributed by atoms with Gasteiger partial charge in [0.1, 0.15) is 23.1 Å². The number of benzene rings is 2. The number of ketones is 1. The van der Waals surface area contributed by atoms with Crippen molar-refractivity contribution in [3.63, 3.8) is 0 Å². The summed E-state index contributed by atoms with van der Waals surface area (Å²) in [5.41, 5.74) is 3.81. The van der Waals surface area contributed by atoms with Gasteiger partial charge in [0, 0.05) is 41.4 Å². The van der Waals surface area contributed by atoms with Gasteiger partial charge in [0.2, 0.25) is 5.78 Å². The Balaban J connectivity index is 1.53. The van der Waals surface area contributed by atoms with E-state index in [2.05, 4.69) is 9.97 Å². The molecule has 0 bridgehead atoms. The topological polar surface area (TPSA) is 88.4 Å². The number of carbonyl (C=O) groups is 1. The van der Waals surface area contributed by atoms with Crippen LogP contribution in [-0.4, -0.2) is 28.0 Å². The van der Waals surface area contributed by atoms with Crippen molar-refractivity contribution in [3.8, 4) is 5.75 Å². The largest absolute Gasteiger partial charge is 0.508 e. The van der Waals surface area contributed by atoms with Crippen molar-refractivity contribution in [1.29, 1.82) is 0 Å². The molecule has 0 amide bonds. The van der Waals surface area contributed by atoms with Crippen LogP contribution in [0.1, 0.15) is 33.3 Å². The van der Waals surface area contributed by atoms with E-state index in [9.17, 15) is 9.90 Å². The number of fused-ring (bicyclic) bond motifs is 2. The maximum Gasteiger partial charge on any atom is 0.228 e. The molecule has 0 aliphatic heterocycles. The highest BCUT2D eigenvalue weighted by Crippen LogP contribution is 2.33. The van der Waals surface area contributed by atoms with Crippen molar-refractivity contribution in [2.45, 2.75) is 6.10 Å². The fourth-order valence-electron chi connectivity index (χ4n) is 3.73. The zero-order valence-electron chi connectivity index (χ0n) is 16.1. The molecule has 1 unspecified atom stereocenters. The fraction of sp³-hybridized carbons (Fsp3) is 0.0833. The van der Waals surface area contributed by atoms with Gasteiger partial charge in [0.15, 0.2) is 5.76 Å². The number of ether oxygens (including phenoxy) is 1. The van der Waals surface area contributed by atoms with E-state index in [4.69, 9.17) is 9.15 Å². The Kier molecular flexibility index (Phi) is 4.34. The zero-order valence-corrected chi connectivity index (χ0v) is 16.1. The summed E-state index contributed by atoms with van der Waals surface area (Å²) in [6.07, 6.45) is 3.36. The minimum absolute atomic E-state index is 0.110. The lowest BCUT2D eigenvalue weighted by molar-refractivity contribution is 0.101. The number of pyridine rings is 1. The Bertz CT molecular complexity index is 1370. The molecule has 0 radical (unpaired) electrons. The van der Waals surface area contributed by atoms with Gasteiger partial charge in [-0.25, -0.2) is 4.98 Å². The van der Waals surface area contributed by atoms with Crippen molar-refractivity contribution < 1.29 is 19.1 Å². The van der Waals surface area contributed by atoms with Crippen LogP contribution >= 0.6 is 0 Å². The average Bonchev–Trinajstić information content (AvgIpc) is 3.39. The second kappa shape index (κ2) is 7.17. The van der Waals surface area contributed by atoms with E-state index in [1.54, 1.807) is 31.5 Å². The summed E-state index contributed by atoms with van der Waals surface area (Å²) in [6.45, 7) is 0. The Morgan fingerprint density at radius 1 is 1.13 bits per heavy atom. The van der Waals surface area contributed by atoms with Gasteiger partial charge in [-0.1, -0.05) is 6.07 Å². The molecule has 2 N–H and O–H groups in total. The lowest BCUT2D eigenvalue weighted by Crippen LogP contribution is -2.02. The number of nitrogens with zero attached hydrogens (tertiary/aromatic N) is 1. The van der Waals surface area contributed by atoms with Gasteiger partial charge in [-0.3, -0.25) is 4.79 Å². The number of aromatic nitrogens is 2. The summed E-state index contributed by atoms with van der Waals surface area (Å²) in [5.74, 6) is 0.121. The molecule has 3 aromatic heterocycles. The third kappa shape index (κ3) is 3.03. The van der Waals surface area contributed by atoms with E-state index >= 15 is 0 Å². The van der Waals surface area contributed by atoms with E-state index < -0.39 is 0 Å². The Hall–Kier alpha value is -3.90. The number of phenolic OH excluding ortho intramolecular Hbond substituents is 1. The van der Waals surface area contributed by atoms with Crippen LogP contribution < -0.4 is 0 Å². The normalized spacial score (nSPS) is 12.4. The van der Waals surface area contributed by atoms with Gasteiger partial charge >= 0.3 is 0 Å². The lowest BCUT2D eigenvalue weighted by atomic mass is 10.00. The van der Waals surface area contributed by atoms with Crippen molar-refractivity contribution in [2.75, 3.05) is 7.11 Å². The molecule has 3 heterocycles. The zero-order chi connectivity index (χ0) is 20.7. The first kappa shape index (κ1) is 18.1. The van der Waals surface area contributed by atoms with E-state index in [1.165, 1.54) is 12.1 Å². The summed E-state index contributed by atoms with van der Waals surface area (Å²) in [5, 5.41) is 11.2. The van der Waals surface area contributed by atoms with Gasteiger partial charge in [-0.2, -0.15) is 0 Å². The summed E-state index contributed by atoms with van der Waals surface area (Å²) in [6, 6.07) is 17.5. The number of furan rings is 1. The van der Waals surface area contributed by atoms with E-state index in [0.717, 1.165) is 27.5 Å². The van der Waals surface area contributed by atoms with Gasteiger partial charge in [-0.15, -0.1) is 0 Å². The van der Waals surface area contributed by atoms with Gasteiger partial charge in [0.05, 0.1) is 0 Å². The number of hydrogen-bond acceptors (Lipinski definition) is 5. The number of methoxy groups -OCH3 is 1. The highest BCUT2D eigenvalue weighted by Gasteiger charge is 2.20. The summed E-state index contributed by atoms with van der Waals surface area (Å²) >= 11 is 0. The van der Waals surface area contributed by atoms with Crippen LogP contribution in [0.4, 0.5) is 0 Å². The highest BCUT2D eigenvalue weighted by atomic mass is 16.5. The molecule has 0 fully saturated rings. The van der Waals surface area contributed by atoms with Crippen LogP contribution in [0.5, 0.6) is 5.75 Å². The SMILES string of the molecule is COC(c1ccc2oc(C(=O)c3ccc(O)cc3)cc2c1)c1c[nH]c2ncccc12. The molecular formula is C24H18N2O4. The molecule has 2 aromatic carbocycles. The third-order valence-electron chi connectivity index (χ3n) is 5.20. The Morgan fingerprint density at radius 3 is 2.77 bits per heavy atom. The molecular weight excluding hydrogens is 380 g/mol. The van der Waals surface area contributed by atoms with Crippen LogP contribution in [0, 0.1) is 0 Å². The quantitative estimate of drug-likeness (QED) is 0.408. The maximum absolute atomic E-state index is 12.7. The van der Waals surface area contributed by atoms with Crippen molar-refractivity contribution in [2.24, 2.45) is 0 Å². The van der Waals surface area contributed by atoms with E-state index in [1.807, 2.05) is 36.5 Å². The predicted octanol–water partition coefficient (Wildman–Crippen LogP) is 4.98. The minimum Gasteiger partial charge on any atom is -0.508 e. The number of rotatable bonds is 5. The van der Waals surface area contributed by atoms with Crippen molar-refractivity contribution in [1.82, 2.24) is 9.97 Å². The molecule has 6 heteroatoms. The fourth-order valence-corrected chi connectivity index (χ4v) is 3.73. The molecule has 148 valence electrons. The monoisotopic (exact) mass is 398 g/mol. The first-order chi connectivity index (χ1) is 14.6. The number of aromatic amines is 1. The molecule has 0 aliphatic rings. The number of nitrogens with one attached hydrogen (secondary N) is 1. The molecule has 0 saturated heterocycles. The Morgan fingerprint density at radius 2 is 1.97 bits per heavy atom. The first-order valence-corrected chi connectivity index (χ1v) is 9.46.